The predicted molar refractivity (Wildman–Crippen MR) is 89.0 cm³/mol. The van der Waals surface area contributed by atoms with Gasteiger partial charge in [-0.1, -0.05) is 29.8 Å². The molecule has 3 rings (SSSR count). The maximum Gasteiger partial charge on any atom is 0.416 e. The van der Waals surface area contributed by atoms with E-state index in [1.54, 1.807) is 12.3 Å². The summed E-state index contributed by atoms with van der Waals surface area (Å²) in [4.78, 5) is 12.4. The van der Waals surface area contributed by atoms with E-state index in [-0.39, 0.29) is 16.5 Å². The lowest BCUT2D eigenvalue weighted by Gasteiger charge is -2.10. The van der Waals surface area contributed by atoms with Gasteiger partial charge in [0.05, 0.1) is 17.8 Å². The van der Waals surface area contributed by atoms with E-state index in [1.165, 1.54) is 18.2 Å². The van der Waals surface area contributed by atoms with Gasteiger partial charge in [-0.2, -0.15) is 13.2 Å². The summed E-state index contributed by atoms with van der Waals surface area (Å²) in [5.74, 6) is 0.514. The first-order chi connectivity index (χ1) is 11.9. The Morgan fingerprint density at radius 3 is 2.56 bits per heavy atom. The van der Waals surface area contributed by atoms with Crippen LogP contribution in [0.3, 0.4) is 0 Å². The molecule has 0 aliphatic heterocycles. The molecule has 3 aromatic rings. The minimum Gasteiger partial charge on any atom is -0.364 e. The number of anilines is 1. The van der Waals surface area contributed by atoms with Crippen LogP contribution in [-0.2, 0) is 12.7 Å². The van der Waals surface area contributed by atoms with Crippen LogP contribution >= 0.6 is 11.6 Å². The highest BCUT2D eigenvalue weighted by Crippen LogP contribution is 2.31. The summed E-state index contributed by atoms with van der Waals surface area (Å²) in [7, 11) is 0. The van der Waals surface area contributed by atoms with Crippen LogP contribution in [0.4, 0.5) is 19.0 Å². The van der Waals surface area contributed by atoms with Crippen molar-refractivity contribution in [1.29, 1.82) is 0 Å². The third-order valence-corrected chi connectivity index (χ3v) is 3.51. The van der Waals surface area contributed by atoms with Crippen LogP contribution in [-0.4, -0.2) is 15.0 Å². The number of rotatable bonds is 4. The average molecular weight is 365 g/mol. The number of halogens is 4. The van der Waals surface area contributed by atoms with E-state index in [0.29, 0.717) is 12.4 Å². The lowest BCUT2D eigenvalue weighted by molar-refractivity contribution is -0.137. The molecule has 0 aliphatic carbocycles. The van der Waals surface area contributed by atoms with Crippen molar-refractivity contribution in [2.45, 2.75) is 12.7 Å². The standard InChI is InChI=1S/C17H12ClF3N4/c18-14-9-15(23-10-13-6-1-2-7-22-13)25-16(24-14)11-4-3-5-12(8-11)17(19,20)21/h1-9H,10H2,(H,23,24,25). The summed E-state index contributed by atoms with van der Waals surface area (Å²) < 4.78 is 38.6. The van der Waals surface area contributed by atoms with E-state index in [2.05, 4.69) is 20.3 Å². The Hall–Kier alpha value is -2.67. The largest absolute Gasteiger partial charge is 0.416 e. The smallest absolute Gasteiger partial charge is 0.364 e. The van der Waals surface area contributed by atoms with Crippen molar-refractivity contribution in [2.75, 3.05) is 5.32 Å². The summed E-state index contributed by atoms with van der Waals surface area (Å²) in [5, 5.41) is 3.17. The third kappa shape index (κ3) is 4.45. The highest BCUT2D eigenvalue weighted by atomic mass is 35.5. The molecule has 8 heteroatoms. The molecule has 2 heterocycles. The van der Waals surface area contributed by atoms with E-state index in [9.17, 15) is 13.2 Å². The second-order valence-electron chi connectivity index (χ2n) is 5.15. The summed E-state index contributed by atoms with van der Waals surface area (Å²) >= 11 is 5.98. The minimum atomic E-state index is -4.44. The zero-order valence-electron chi connectivity index (χ0n) is 12.8. The molecule has 0 unspecified atom stereocenters. The van der Waals surface area contributed by atoms with E-state index in [0.717, 1.165) is 17.8 Å². The van der Waals surface area contributed by atoms with Gasteiger partial charge in [0.1, 0.15) is 11.0 Å². The Balaban J connectivity index is 1.87. The van der Waals surface area contributed by atoms with Gasteiger partial charge in [-0.05, 0) is 24.3 Å². The quantitative estimate of drug-likeness (QED) is 0.674. The van der Waals surface area contributed by atoms with Gasteiger partial charge in [-0.3, -0.25) is 4.98 Å². The Kier molecular flexibility index (Phi) is 4.85. The second kappa shape index (κ2) is 7.06. The number of pyridine rings is 1. The molecule has 0 atom stereocenters. The fourth-order valence-corrected chi connectivity index (χ4v) is 2.34. The van der Waals surface area contributed by atoms with E-state index in [4.69, 9.17) is 11.6 Å². The number of benzene rings is 1. The highest BCUT2D eigenvalue weighted by Gasteiger charge is 2.30. The molecule has 0 amide bonds. The number of hydrogen-bond acceptors (Lipinski definition) is 4. The lowest BCUT2D eigenvalue weighted by Crippen LogP contribution is -2.06. The molecule has 0 fully saturated rings. The van der Waals surface area contributed by atoms with E-state index in [1.807, 2.05) is 12.1 Å². The van der Waals surface area contributed by atoms with Crippen LogP contribution in [0.2, 0.25) is 5.15 Å². The number of alkyl halides is 3. The van der Waals surface area contributed by atoms with Crippen molar-refractivity contribution < 1.29 is 13.2 Å². The summed E-state index contributed by atoms with van der Waals surface area (Å²) in [6.45, 7) is 0.399. The van der Waals surface area contributed by atoms with Gasteiger partial charge >= 0.3 is 6.18 Å². The summed E-state index contributed by atoms with van der Waals surface area (Å²) in [6, 6.07) is 11.8. The number of nitrogens with zero attached hydrogens (tertiary/aromatic N) is 3. The molecule has 25 heavy (non-hydrogen) atoms. The van der Waals surface area contributed by atoms with Crippen molar-refractivity contribution >= 4 is 17.4 Å². The Morgan fingerprint density at radius 1 is 1.00 bits per heavy atom. The van der Waals surface area contributed by atoms with Gasteiger partial charge in [-0.15, -0.1) is 0 Å². The van der Waals surface area contributed by atoms with Crippen LogP contribution < -0.4 is 5.32 Å². The first-order valence-electron chi connectivity index (χ1n) is 7.28. The topological polar surface area (TPSA) is 50.7 Å². The summed E-state index contributed by atoms with van der Waals surface area (Å²) in [5.41, 5.74) is 0.257. The molecule has 2 aromatic heterocycles. The maximum absolute atomic E-state index is 12.9. The van der Waals surface area contributed by atoms with Gasteiger partial charge in [0.2, 0.25) is 0 Å². The van der Waals surface area contributed by atoms with Gasteiger partial charge in [0.25, 0.3) is 0 Å². The molecule has 0 aliphatic rings. The van der Waals surface area contributed by atoms with E-state index >= 15 is 0 Å². The van der Waals surface area contributed by atoms with Gasteiger partial charge in [0.15, 0.2) is 5.82 Å². The first kappa shape index (κ1) is 17.2. The van der Waals surface area contributed by atoms with Gasteiger partial charge < -0.3 is 5.32 Å². The van der Waals surface area contributed by atoms with Gasteiger partial charge in [0, 0.05) is 17.8 Å². The minimum absolute atomic E-state index is 0.113. The van der Waals surface area contributed by atoms with Crippen molar-refractivity contribution in [2.24, 2.45) is 0 Å². The maximum atomic E-state index is 12.9. The third-order valence-electron chi connectivity index (χ3n) is 3.32. The SMILES string of the molecule is FC(F)(F)c1cccc(-c2nc(Cl)cc(NCc3ccccn3)n2)c1. The van der Waals surface area contributed by atoms with Crippen molar-refractivity contribution in [3.05, 3.63) is 71.1 Å². The lowest BCUT2D eigenvalue weighted by atomic mass is 10.1. The fourth-order valence-electron chi connectivity index (χ4n) is 2.16. The van der Waals surface area contributed by atoms with Crippen molar-refractivity contribution in [3.63, 3.8) is 0 Å². The van der Waals surface area contributed by atoms with Crippen LogP contribution in [0, 0.1) is 0 Å². The summed E-state index contributed by atoms with van der Waals surface area (Å²) in [6.07, 6.45) is -2.77. The fraction of sp³-hybridized carbons (Fsp3) is 0.118. The molecule has 1 N–H and O–H groups in total. The molecular formula is C17H12ClF3N4. The predicted octanol–water partition coefficient (Wildman–Crippen LogP) is 4.82. The Labute approximate surface area is 146 Å². The monoisotopic (exact) mass is 364 g/mol. The highest BCUT2D eigenvalue weighted by molar-refractivity contribution is 6.29. The normalized spacial score (nSPS) is 11.4. The Morgan fingerprint density at radius 2 is 1.84 bits per heavy atom. The number of nitrogens with one attached hydrogen (secondary N) is 1. The molecule has 1 aromatic carbocycles. The first-order valence-corrected chi connectivity index (χ1v) is 7.65. The van der Waals surface area contributed by atoms with Crippen LogP contribution in [0.15, 0.2) is 54.7 Å². The molecule has 0 spiro atoms. The van der Waals surface area contributed by atoms with E-state index < -0.39 is 11.7 Å². The average Bonchev–Trinajstić information content (AvgIpc) is 2.60. The zero-order chi connectivity index (χ0) is 17.9. The molecule has 0 radical (unpaired) electrons. The molecule has 4 nitrogen and oxygen atoms in total. The second-order valence-corrected chi connectivity index (χ2v) is 5.54. The van der Waals surface area contributed by atoms with Crippen LogP contribution in [0.1, 0.15) is 11.3 Å². The van der Waals surface area contributed by atoms with Crippen molar-refractivity contribution in [3.8, 4) is 11.4 Å². The molecular weight excluding hydrogens is 353 g/mol. The Bertz CT molecular complexity index is 869. The number of hydrogen-bond donors (Lipinski definition) is 1. The number of aromatic nitrogens is 3. The van der Waals surface area contributed by atoms with Crippen LogP contribution in [0.5, 0.6) is 0 Å². The van der Waals surface area contributed by atoms with Gasteiger partial charge in [-0.25, -0.2) is 9.97 Å². The molecule has 0 bridgehead atoms. The molecule has 0 saturated heterocycles. The van der Waals surface area contributed by atoms with Crippen molar-refractivity contribution in [1.82, 2.24) is 15.0 Å². The molecule has 0 saturated carbocycles. The zero-order valence-corrected chi connectivity index (χ0v) is 13.5. The van der Waals surface area contributed by atoms with Crippen LogP contribution in [0.25, 0.3) is 11.4 Å². The molecule has 128 valence electrons.